The van der Waals surface area contributed by atoms with Gasteiger partial charge in [-0.1, -0.05) is 6.07 Å². The van der Waals surface area contributed by atoms with Crippen LogP contribution < -0.4 is 43.9 Å². The molecule has 2 heterocycles. The van der Waals surface area contributed by atoms with Gasteiger partial charge < -0.3 is 11.6 Å². The van der Waals surface area contributed by atoms with Gasteiger partial charge in [-0.2, -0.15) is 13.5 Å². The zero-order valence-corrected chi connectivity index (χ0v) is 23.6. The van der Waals surface area contributed by atoms with Crippen molar-refractivity contribution >= 4 is 27.6 Å². The maximum Gasteiger partial charge on any atom is 1.00 e. The number of aromatic nitrogens is 2. The molecule has 4 aliphatic rings. The van der Waals surface area contributed by atoms with Crippen molar-refractivity contribution in [2.75, 3.05) is 29.8 Å². The van der Waals surface area contributed by atoms with E-state index in [2.05, 4.69) is 33.2 Å². The zero-order valence-electron chi connectivity index (χ0n) is 21.8. The molecule has 9 nitrogen and oxygen atoms in total. The topological polar surface area (TPSA) is 99.6 Å². The molecule has 1 saturated carbocycles. The van der Waals surface area contributed by atoms with Crippen LogP contribution in [0.1, 0.15) is 49.4 Å². The Hall–Kier alpha value is -1.59. The first-order valence-corrected chi connectivity index (χ1v) is 13.6. The standard InChI is InChI=1S/C24H32N6O3S.Na.H/c1-28-14-24(15-28)10-18(11-24)30(19-12-25-29(2)13-19)34(32,33)27-23(31)26-22-20-7-3-5-16(20)9-17-6-4-8-21(17)22;;/h9,12-13,18H,3-8,10-11,14-15H2,1-2H3,(H2,26,27,31);;/q;+1;-1. The Balaban J connectivity index is 0.00000152. The van der Waals surface area contributed by atoms with Crippen molar-refractivity contribution in [2.24, 2.45) is 12.5 Å². The van der Waals surface area contributed by atoms with Gasteiger partial charge in [-0.05, 0) is 86.1 Å². The van der Waals surface area contributed by atoms with Crippen LogP contribution in [-0.2, 0) is 42.9 Å². The molecule has 0 bridgehead atoms. The summed E-state index contributed by atoms with van der Waals surface area (Å²) in [5.41, 5.74) is 6.45. The molecule has 2 amide bonds. The van der Waals surface area contributed by atoms with Gasteiger partial charge in [0, 0.05) is 38.1 Å². The predicted molar refractivity (Wildman–Crippen MR) is 131 cm³/mol. The molecule has 184 valence electrons. The van der Waals surface area contributed by atoms with E-state index in [-0.39, 0.29) is 42.4 Å². The maximum absolute atomic E-state index is 13.5. The van der Waals surface area contributed by atoms with Crippen LogP contribution in [0, 0.1) is 5.41 Å². The molecule has 1 aromatic heterocycles. The number of carbonyl (C=O) groups is 1. The number of rotatable bonds is 5. The smallest absolute Gasteiger partial charge is 1.00 e. The number of fused-ring (bicyclic) bond motifs is 2. The van der Waals surface area contributed by atoms with Gasteiger partial charge in [0.25, 0.3) is 0 Å². The number of amides is 2. The van der Waals surface area contributed by atoms with Gasteiger partial charge in [-0.25, -0.2) is 13.8 Å². The summed E-state index contributed by atoms with van der Waals surface area (Å²) in [4.78, 5) is 15.3. The summed E-state index contributed by atoms with van der Waals surface area (Å²) in [5.74, 6) is 0. The molecule has 0 unspecified atom stereocenters. The first-order valence-electron chi connectivity index (χ1n) is 12.2. The Morgan fingerprint density at radius 2 is 1.74 bits per heavy atom. The van der Waals surface area contributed by atoms with Crippen LogP contribution in [0.5, 0.6) is 0 Å². The molecule has 1 saturated heterocycles. The van der Waals surface area contributed by atoms with E-state index in [0.29, 0.717) is 5.69 Å². The molecule has 0 radical (unpaired) electrons. The minimum Gasteiger partial charge on any atom is -1.00 e. The molecule has 2 fully saturated rings. The molecule has 6 rings (SSSR count). The summed E-state index contributed by atoms with van der Waals surface area (Å²) in [7, 11) is -0.275. The third-order valence-electron chi connectivity index (χ3n) is 8.02. The monoisotopic (exact) mass is 508 g/mol. The third-order valence-corrected chi connectivity index (χ3v) is 9.49. The number of hydrogen-bond acceptors (Lipinski definition) is 5. The molecule has 1 aliphatic heterocycles. The van der Waals surface area contributed by atoms with Gasteiger partial charge in [0.05, 0.1) is 11.9 Å². The number of anilines is 2. The number of nitrogens with one attached hydrogen (secondary N) is 2. The second-order valence-electron chi connectivity index (χ2n) is 10.7. The summed E-state index contributed by atoms with van der Waals surface area (Å²) < 4.78 is 32.3. The van der Waals surface area contributed by atoms with E-state index < -0.39 is 16.2 Å². The molecule has 2 aromatic rings. The fourth-order valence-electron chi connectivity index (χ4n) is 6.80. The average molecular weight is 509 g/mol. The van der Waals surface area contributed by atoms with Crippen LogP contribution in [0.4, 0.5) is 16.2 Å². The number of hydrogen-bond donors (Lipinski definition) is 2. The number of urea groups is 1. The fourth-order valence-corrected chi connectivity index (χ4v) is 8.10. The Morgan fingerprint density at radius 3 is 2.29 bits per heavy atom. The van der Waals surface area contributed by atoms with Crippen LogP contribution in [-0.4, -0.2) is 55.3 Å². The van der Waals surface area contributed by atoms with E-state index in [9.17, 15) is 13.2 Å². The molecule has 2 N–H and O–H groups in total. The Kier molecular flexibility index (Phi) is 6.49. The van der Waals surface area contributed by atoms with Gasteiger partial charge in [0.15, 0.2) is 0 Å². The molecule has 3 aliphatic carbocycles. The number of aryl methyl sites for hydroxylation is 3. The Morgan fingerprint density at radius 1 is 1.11 bits per heavy atom. The van der Waals surface area contributed by atoms with Crippen LogP contribution in [0.3, 0.4) is 0 Å². The summed E-state index contributed by atoms with van der Waals surface area (Å²) in [6.07, 6.45) is 10.8. The summed E-state index contributed by atoms with van der Waals surface area (Å²) in [6, 6.07) is 1.41. The van der Waals surface area contributed by atoms with Crippen molar-refractivity contribution in [3.63, 3.8) is 0 Å². The van der Waals surface area contributed by atoms with Crippen LogP contribution in [0.15, 0.2) is 18.5 Å². The third kappa shape index (κ3) is 4.41. The van der Waals surface area contributed by atoms with Gasteiger partial charge in [0.1, 0.15) is 0 Å². The van der Waals surface area contributed by atoms with Crippen molar-refractivity contribution in [3.8, 4) is 0 Å². The first kappa shape index (κ1) is 25.1. The SMILES string of the molecule is CN1CC2(CC(N(c3cnn(C)c3)S(=O)(=O)NC(=O)Nc3c4c(cc5c3CCC5)CCC4)C2)C1.[H-].[Na+]. The quantitative estimate of drug-likeness (QED) is 0.530. The van der Waals surface area contributed by atoms with Crippen molar-refractivity contribution in [3.05, 3.63) is 40.7 Å². The largest absolute Gasteiger partial charge is 1.00 e. The van der Waals surface area contributed by atoms with Gasteiger partial charge >= 0.3 is 45.8 Å². The molecular weight excluding hydrogens is 475 g/mol. The van der Waals surface area contributed by atoms with Crippen molar-refractivity contribution < 1.29 is 44.2 Å². The molecule has 11 heteroatoms. The first-order chi connectivity index (χ1) is 16.2. The number of benzene rings is 1. The number of nitrogens with zero attached hydrogens (tertiary/aromatic N) is 4. The van der Waals surface area contributed by atoms with Crippen molar-refractivity contribution in [2.45, 2.75) is 57.4 Å². The second kappa shape index (κ2) is 9.06. The molecule has 1 spiro atoms. The molecular formula is C24H33N6NaO3S. The zero-order chi connectivity index (χ0) is 23.7. The molecule has 0 atom stereocenters. The van der Waals surface area contributed by atoms with Gasteiger partial charge in [-0.15, -0.1) is 0 Å². The summed E-state index contributed by atoms with van der Waals surface area (Å²) in [6.45, 7) is 1.98. The normalized spacial score (nSPS) is 20.4. The van der Waals surface area contributed by atoms with E-state index in [1.165, 1.54) is 26.6 Å². The number of carbonyl (C=O) groups excluding carboxylic acids is 1. The van der Waals surface area contributed by atoms with E-state index in [4.69, 9.17) is 0 Å². The van der Waals surface area contributed by atoms with Crippen LogP contribution >= 0.6 is 0 Å². The summed E-state index contributed by atoms with van der Waals surface area (Å²) >= 11 is 0. The fraction of sp³-hybridized carbons (Fsp3) is 0.583. The van der Waals surface area contributed by atoms with Crippen molar-refractivity contribution in [1.82, 2.24) is 19.4 Å². The summed E-state index contributed by atoms with van der Waals surface area (Å²) in [5, 5.41) is 7.12. The minimum absolute atomic E-state index is 0. The number of likely N-dealkylation sites (tertiary alicyclic amines) is 1. The van der Waals surface area contributed by atoms with E-state index in [0.717, 1.165) is 70.1 Å². The minimum atomic E-state index is -4.11. The predicted octanol–water partition coefficient (Wildman–Crippen LogP) is -0.519. The average Bonchev–Trinajstić information content (AvgIpc) is 3.45. The Bertz CT molecular complexity index is 1240. The van der Waals surface area contributed by atoms with E-state index >= 15 is 0 Å². The van der Waals surface area contributed by atoms with Gasteiger partial charge in [0.2, 0.25) is 0 Å². The second-order valence-corrected chi connectivity index (χ2v) is 12.2. The van der Waals surface area contributed by atoms with E-state index in [1.807, 2.05) is 0 Å². The molecule has 1 aromatic carbocycles. The van der Waals surface area contributed by atoms with Crippen molar-refractivity contribution in [1.29, 1.82) is 0 Å². The molecule has 35 heavy (non-hydrogen) atoms. The van der Waals surface area contributed by atoms with Crippen LogP contribution in [0.25, 0.3) is 0 Å². The Labute approximate surface area is 230 Å². The van der Waals surface area contributed by atoms with Gasteiger partial charge in [-0.3, -0.25) is 4.68 Å². The maximum atomic E-state index is 13.5. The van der Waals surface area contributed by atoms with Crippen LogP contribution in [0.2, 0.25) is 0 Å². The van der Waals surface area contributed by atoms with E-state index in [1.54, 1.807) is 24.1 Å².